The monoisotopic (exact) mass is 231 g/mol. The Balaban J connectivity index is 3.10. The molecule has 0 fully saturated rings. The lowest BCUT2D eigenvalue weighted by Gasteiger charge is -2.00. The third-order valence-electron chi connectivity index (χ3n) is 1.60. The smallest absolute Gasteiger partial charge is 0.257 e. The minimum Gasteiger partial charge on any atom is -0.257 e. The molecule has 0 aliphatic rings. The van der Waals surface area contributed by atoms with Crippen molar-refractivity contribution in [2.24, 2.45) is 0 Å². The van der Waals surface area contributed by atoms with E-state index in [-0.39, 0.29) is 10.7 Å². The molecule has 0 aromatic carbocycles. The van der Waals surface area contributed by atoms with Crippen LogP contribution in [-0.4, -0.2) is 14.4 Å². The molecule has 0 spiro atoms. The average molecular weight is 232 g/mol. The molecule has 0 unspecified atom stereocenters. The average Bonchev–Trinajstić information content (AvgIpc) is 2.07. The topological polar surface area (TPSA) is 67.2 Å². The van der Waals surface area contributed by atoms with Crippen molar-refractivity contribution in [2.45, 2.75) is 0 Å². The van der Waals surface area contributed by atoms with Crippen molar-refractivity contribution in [3.05, 3.63) is 43.3 Å². The fourth-order valence-corrected chi connectivity index (χ4v) is 1.57. The van der Waals surface area contributed by atoms with Gasteiger partial charge in [0.15, 0.2) is 5.65 Å². The first-order valence-corrected chi connectivity index (χ1v) is 4.31. The number of fused-ring (bicyclic) bond motifs is 1. The molecule has 7 heteroatoms. The van der Waals surface area contributed by atoms with E-state index in [0.29, 0.717) is 5.02 Å². The SMILES string of the molecule is O=c1nc2c(Cl)cc(Cl)cn2c(=O)[nH]1. The van der Waals surface area contributed by atoms with Crippen molar-refractivity contribution in [3.63, 3.8) is 0 Å². The summed E-state index contributed by atoms with van der Waals surface area (Å²) < 4.78 is 1.08. The molecular weight excluding hydrogens is 229 g/mol. The number of halogens is 2. The van der Waals surface area contributed by atoms with Crippen molar-refractivity contribution in [1.82, 2.24) is 14.4 Å². The van der Waals surface area contributed by atoms with Crippen LogP contribution in [0.1, 0.15) is 0 Å². The maximum atomic E-state index is 11.3. The van der Waals surface area contributed by atoms with Crippen molar-refractivity contribution < 1.29 is 0 Å². The van der Waals surface area contributed by atoms with Gasteiger partial charge in [0.2, 0.25) is 0 Å². The van der Waals surface area contributed by atoms with E-state index in [9.17, 15) is 9.59 Å². The van der Waals surface area contributed by atoms with Gasteiger partial charge in [0.1, 0.15) is 0 Å². The molecule has 5 nitrogen and oxygen atoms in total. The van der Waals surface area contributed by atoms with Crippen LogP contribution in [0.25, 0.3) is 5.65 Å². The lowest BCUT2D eigenvalue weighted by Crippen LogP contribution is -2.28. The summed E-state index contributed by atoms with van der Waals surface area (Å²) in [6.45, 7) is 0. The molecule has 0 saturated carbocycles. The van der Waals surface area contributed by atoms with Gasteiger partial charge in [-0.25, -0.2) is 9.59 Å². The normalized spacial score (nSPS) is 10.7. The van der Waals surface area contributed by atoms with Gasteiger partial charge in [0, 0.05) is 6.20 Å². The number of hydrogen-bond acceptors (Lipinski definition) is 3. The van der Waals surface area contributed by atoms with Crippen LogP contribution in [0.2, 0.25) is 10.0 Å². The van der Waals surface area contributed by atoms with Crippen molar-refractivity contribution >= 4 is 28.8 Å². The van der Waals surface area contributed by atoms with Crippen LogP contribution >= 0.6 is 23.2 Å². The third-order valence-corrected chi connectivity index (χ3v) is 2.08. The van der Waals surface area contributed by atoms with E-state index >= 15 is 0 Å². The number of nitrogens with one attached hydrogen (secondary N) is 1. The molecule has 2 rings (SSSR count). The summed E-state index contributed by atoms with van der Waals surface area (Å²) in [5, 5.41) is 0.444. The maximum absolute atomic E-state index is 11.3. The molecule has 0 saturated heterocycles. The Morgan fingerprint density at radius 3 is 2.79 bits per heavy atom. The highest BCUT2D eigenvalue weighted by molar-refractivity contribution is 6.36. The van der Waals surface area contributed by atoms with Gasteiger partial charge in [0.25, 0.3) is 0 Å². The van der Waals surface area contributed by atoms with Crippen LogP contribution in [0.4, 0.5) is 0 Å². The highest BCUT2D eigenvalue weighted by atomic mass is 35.5. The fourth-order valence-electron chi connectivity index (χ4n) is 1.06. The predicted octanol–water partition coefficient (Wildman–Crippen LogP) is 0.690. The molecule has 0 aliphatic heterocycles. The zero-order valence-corrected chi connectivity index (χ0v) is 8.13. The van der Waals surface area contributed by atoms with Crippen LogP contribution in [0.5, 0.6) is 0 Å². The fraction of sp³-hybridized carbons (Fsp3) is 0. The van der Waals surface area contributed by atoms with Gasteiger partial charge in [-0.15, -0.1) is 0 Å². The van der Waals surface area contributed by atoms with Crippen molar-refractivity contribution in [2.75, 3.05) is 0 Å². The Bertz CT molecular complexity index is 616. The van der Waals surface area contributed by atoms with Gasteiger partial charge in [0.05, 0.1) is 10.0 Å². The number of aromatic amines is 1. The first kappa shape index (κ1) is 9.23. The van der Waals surface area contributed by atoms with Gasteiger partial charge in [-0.1, -0.05) is 23.2 Å². The molecule has 2 aromatic rings. The second-order valence-electron chi connectivity index (χ2n) is 2.55. The van der Waals surface area contributed by atoms with E-state index in [4.69, 9.17) is 23.2 Å². The number of pyridine rings is 1. The Morgan fingerprint density at radius 2 is 2.07 bits per heavy atom. The number of aromatic nitrogens is 3. The van der Waals surface area contributed by atoms with E-state index in [0.717, 1.165) is 4.40 Å². The van der Waals surface area contributed by atoms with E-state index in [1.54, 1.807) is 0 Å². The Labute approximate surface area is 86.9 Å². The first-order chi connectivity index (χ1) is 6.58. The summed E-state index contributed by atoms with van der Waals surface area (Å²) in [5.41, 5.74) is -1.27. The lowest BCUT2D eigenvalue weighted by atomic mass is 10.4. The molecule has 2 heterocycles. The van der Waals surface area contributed by atoms with E-state index in [2.05, 4.69) is 4.98 Å². The Hall–Kier alpha value is -1.33. The Kier molecular flexibility index (Phi) is 2.05. The molecule has 0 atom stereocenters. The van der Waals surface area contributed by atoms with Crippen LogP contribution < -0.4 is 11.4 Å². The standard InChI is InChI=1S/C7H3Cl2N3O2/c8-3-1-4(9)5-10-6(13)11-7(14)12(5)2-3/h1-2H,(H,11,13,14). The Morgan fingerprint density at radius 1 is 1.36 bits per heavy atom. The molecule has 0 radical (unpaired) electrons. The quantitative estimate of drug-likeness (QED) is 0.726. The molecule has 72 valence electrons. The van der Waals surface area contributed by atoms with Gasteiger partial charge in [-0.3, -0.25) is 9.38 Å². The summed E-state index contributed by atoms with van der Waals surface area (Å²) in [6.07, 6.45) is 1.33. The maximum Gasteiger partial charge on any atom is 0.351 e. The lowest BCUT2D eigenvalue weighted by molar-refractivity contribution is 0.904. The summed E-state index contributed by atoms with van der Waals surface area (Å²) in [7, 11) is 0. The molecule has 14 heavy (non-hydrogen) atoms. The molecule has 0 aliphatic carbocycles. The van der Waals surface area contributed by atoms with E-state index in [1.165, 1.54) is 12.3 Å². The predicted molar refractivity (Wildman–Crippen MR) is 52.1 cm³/mol. The molecular formula is C7H3Cl2N3O2. The third kappa shape index (κ3) is 1.40. The minimum atomic E-state index is -0.737. The summed E-state index contributed by atoms with van der Waals surface area (Å²) in [4.78, 5) is 27.7. The van der Waals surface area contributed by atoms with Crippen LogP contribution in [0, 0.1) is 0 Å². The zero-order valence-electron chi connectivity index (χ0n) is 6.62. The van der Waals surface area contributed by atoms with Gasteiger partial charge in [-0.2, -0.15) is 4.98 Å². The summed E-state index contributed by atoms with van der Waals surface area (Å²) >= 11 is 11.4. The van der Waals surface area contributed by atoms with E-state index < -0.39 is 11.4 Å². The van der Waals surface area contributed by atoms with Gasteiger partial charge < -0.3 is 0 Å². The second-order valence-corrected chi connectivity index (χ2v) is 3.39. The number of hydrogen-bond donors (Lipinski definition) is 1. The van der Waals surface area contributed by atoms with Crippen molar-refractivity contribution in [3.8, 4) is 0 Å². The summed E-state index contributed by atoms with van der Waals surface area (Å²) in [5.74, 6) is 0. The molecule has 2 aromatic heterocycles. The van der Waals surface area contributed by atoms with Crippen LogP contribution in [0.3, 0.4) is 0 Å². The number of nitrogens with zero attached hydrogens (tertiary/aromatic N) is 2. The first-order valence-electron chi connectivity index (χ1n) is 3.55. The van der Waals surface area contributed by atoms with Gasteiger partial charge >= 0.3 is 11.4 Å². The largest absolute Gasteiger partial charge is 0.351 e. The molecule has 0 amide bonds. The highest BCUT2D eigenvalue weighted by Gasteiger charge is 2.05. The number of H-pyrrole nitrogens is 1. The minimum absolute atomic E-state index is 0.0878. The second kappa shape index (κ2) is 3.11. The summed E-state index contributed by atoms with van der Waals surface area (Å²) in [6, 6.07) is 1.41. The highest BCUT2D eigenvalue weighted by Crippen LogP contribution is 2.17. The number of rotatable bonds is 0. The molecule has 0 bridgehead atoms. The van der Waals surface area contributed by atoms with E-state index in [1.807, 2.05) is 4.98 Å². The van der Waals surface area contributed by atoms with Crippen molar-refractivity contribution in [1.29, 1.82) is 0 Å². The zero-order chi connectivity index (χ0) is 10.3. The van der Waals surface area contributed by atoms with Crippen LogP contribution in [-0.2, 0) is 0 Å². The van der Waals surface area contributed by atoms with Crippen LogP contribution in [0.15, 0.2) is 21.9 Å². The molecule has 1 N–H and O–H groups in total. The van der Waals surface area contributed by atoms with Gasteiger partial charge in [-0.05, 0) is 6.07 Å².